The van der Waals surface area contributed by atoms with Gasteiger partial charge in [-0.25, -0.2) is 9.78 Å². The van der Waals surface area contributed by atoms with Crippen molar-refractivity contribution in [3.8, 4) is 0 Å². The summed E-state index contributed by atoms with van der Waals surface area (Å²) in [6, 6.07) is 13.8. The molecule has 128 valence electrons. The number of carbonyl (C=O) groups is 2. The van der Waals surface area contributed by atoms with Crippen LogP contribution in [0.3, 0.4) is 0 Å². The number of para-hydroxylation sites is 2. The van der Waals surface area contributed by atoms with Crippen LogP contribution in [0.25, 0.3) is 11.0 Å². The Morgan fingerprint density at radius 3 is 2.56 bits per heavy atom. The van der Waals surface area contributed by atoms with E-state index in [1.54, 1.807) is 12.1 Å². The third-order valence-electron chi connectivity index (χ3n) is 3.68. The maximum absolute atomic E-state index is 12.5. The summed E-state index contributed by atoms with van der Waals surface area (Å²) >= 11 is 1.38. The monoisotopic (exact) mass is 355 g/mol. The summed E-state index contributed by atoms with van der Waals surface area (Å²) in [6.07, 6.45) is 0.640. The highest BCUT2D eigenvalue weighted by Gasteiger charge is 2.20. The van der Waals surface area contributed by atoms with E-state index in [1.165, 1.54) is 23.9 Å². The molecular weight excluding hydrogens is 338 g/mol. The number of fused-ring (bicyclic) bond motifs is 1. The molecule has 0 aliphatic carbocycles. The third-order valence-corrected chi connectivity index (χ3v) is 4.93. The van der Waals surface area contributed by atoms with Gasteiger partial charge in [-0.3, -0.25) is 4.79 Å². The Morgan fingerprint density at radius 1 is 1.20 bits per heavy atom. The molecule has 6 nitrogen and oxygen atoms in total. The van der Waals surface area contributed by atoms with E-state index < -0.39 is 5.97 Å². The quantitative estimate of drug-likeness (QED) is 0.585. The minimum absolute atomic E-state index is 0.143. The lowest BCUT2D eigenvalue weighted by molar-refractivity contribution is -0.115. The van der Waals surface area contributed by atoms with E-state index in [1.807, 2.05) is 31.2 Å². The fourth-order valence-corrected chi connectivity index (χ4v) is 3.28. The SMILES string of the molecule is CCC(Sc1nc2ccccc2[nH]1)C(=O)Nc1ccc(C(=O)O)cc1. The zero-order valence-electron chi connectivity index (χ0n) is 13.5. The number of hydrogen-bond acceptors (Lipinski definition) is 4. The number of aromatic amines is 1. The van der Waals surface area contributed by atoms with Gasteiger partial charge in [-0.1, -0.05) is 30.8 Å². The van der Waals surface area contributed by atoms with Crippen LogP contribution < -0.4 is 5.32 Å². The summed E-state index contributed by atoms with van der Waals surface area (Å²) < 4.78 is 0. The lowest BCUT2D eigenvalue weighted by Gasteiger charge is -2.13. The van der Waals surface area contributed by atoms with Crippen LogP contribution in [0, 0.1) is 0 Å². The molecule has 3 N–H and O–H groups in total. The number of amides is 1. The molecule has 0 aliphatic heterocycles. The first-order valence-electron chi connectivity index (χ1n) is 7.82. The number of H-pyrrole nitrogens is 1. The average molecular weight is 355 g/mol. The number of aromatic carboxylic acids is 1. The van der Waals surface area contributed by atoms with Crippen molar-refractivity contribution in [3.05, 3.63) is 54.1 Å². The number of thioether (sulfide) groups is 1. The number of rotatable bonds is 6. The minimum atomic E-state index is -0.996. The number of aromatic nitrogens is 2. The molecule has 0 aliphatic rings. The number of carboxylic acids is 1. The van der Waals surface area contributed by atoms with E-state index in [2.05, 4.69) is 15.3 Å². The Labute approximate surface area is 148 Å². The van der Waals surface area contributed by atoms with Gasteiger partial charge in [0.05, 0.1) is 21.8 Å². The highest BCUT2D eigenvalue weighted by molar-refractivity contribution is 8.00. The molecule has 0 bridgehead atoms. The van der Waals surface area contributed by atoms with Gasteiger partial charge >= 0.3 is 5.97 Å². The number of benzene rings is 2. The van der Waals surface area contributed by atoms with E-state index in [0.29, 0.717) is 17.3 Å². The van der Waals surface area contributed by atoms with Crippen LogP contribution in [0.2, 0.25) is 0 Å². The largest absolute Gasteiger partial charge is 0.478 e. The molecule has 0 saturated heterocycles. The van der Waals surface area contributed by atoms with Gasteiger partial charge in [0.2, 0.25) is 5.91 Å². The first kappa shape index (κ1) is 17.0. The molecule has 2 aromatic carbocycles. The number of hydrogen-bond donors (Lipinski definition) is 3. The Kier molecular flexibility index (Phi) is 5.04. The van der Waals surface area contributed by atoms with Crippen molar-refractivity contribution in [2.24, 2.45) is 0 Å². The number of anilines is 1. The van der Waals surface area contributed by atoms with Gasteiger partial charge in [0.25, 0.3) is 0 Å². The molecule has 0 fully saturated rings. The second kappa shape index (κ2) is 7.40. The van der Waals surface area contributed by atoms with Crippen LogP contribution in [0.15, 0.2) is 53.7 Å². The molecule has 0 saturated carbocycles. The molecule has 0 radical (unpaired) electrons. The summed E-state index contributed by atoms with van der Waals surface area (Å²) in [7, 11) is 0. The number of imidazole rings is 1. The number of carboxylic acid groups (broad SMARTS) is 1. The van der Waals surface area contributed by atoms with Crippen molar-refractivity contribution in [3.63, 3.8) is 0 Å². The number of nitrogens with one attached hydrogen (secondary N) is 2. The Morgan fingerprint density at radius 2 is 1.92 bits per heavy atom. The molecule has 1 atom stereocenters. The summed E-state index contributed by atoms with van der Waals surface area (Å²) in [5, 5.41) is 12.1. The van der Waals surface area contributed by atoms with Gasteiger partial charge < -0.3 is 15.4 Å². The molecule has 25 heavy (non-hydrogen) atoms. The first-order chi connectivity index (χ1) is 12.1. The molecule has 1 amide bonds. The fourth-order valence-electron chi connectivity index (χ4n) is 2.36. The third kappa shape index (κ3) is 4.00. The molecule has 1 unspecified atom stereocenters. The maximum Gasteiger partial charge on any atom is 0.335 e. The van der Waals surface area contributed by atoms with Crippen molar-refractivity contribution in [1.29, 1.82) is 0 Å². The van der Waals surface area contributed by atoms with Gasteiger partial charge in [0, 0.05) is 5.69 Å². The van der Waals surface area contributed by atoms with Gasteiger partial charge in [-0.05, 0) is 42.8 Å². The number of nitrogens with zero attached hydrogens (tertiary/aromatic N) is 1. The minimum Gasteiger partial charge on any atom is -0.478 e. The molecule has 1 heterocycles. The second-order valence-electron chi connectivity index (χ2n) is 5.45. The van der Waals surface area contributed by atoms with E-state index in [9.17, 15) is 9.59 Å². The summed E-state index contributed by atoms with van der Waals surface area (Å²) in [5.41, 5.74) is 2.55. The normalized spacial score (nSPS) is 12.0. The summed E-state index contributed by atoms with van der Waals surface area (Å²) in [4.78, 5) is 31.0. The predicted molar refractivity (Wildman–Crippen MR) is 98.1 cm³/mol. The van der Waals surface area contributed by atoms with Crippen LogP contribution in [0.5, 0.6) is 0 Å². The van der Waals surface area contributed by atoms with E-state index >= 15 is 0 Å². The fraction of sp³-hybridized carbons (Fsp3) is 0.167. The van der Waals surface area contributed by atoms with Crippen molar-refractivity contribution in [1.82, 2.24) is 9.97 Å². The van der Waals surface area contributed by atoms with Crippen molar-refractivity contribution in [2.75, 3.05) is 5.32 Å². The molecule has 1 aromatic heterocycles. The predicted octanol–water partition coefficient (Wildman–Crippen LogP) is 3.77. The summed E-state index contributed by atoms with van der Waals surface area (Å²) in [6.45, 7) is 1.94. The van der Waals surface area contributed by atoms with Crippen molar-refractivity contribution >= 4 is 40.4 Å². The highest BCUT2D eigenvalue weighted by Crippen LogP contribution is 2.26. The van der Waals surface area contributed by atoms with Crippen LogP contribution in [-0.4, -0.2) is 32.2 Å². The topological polar surface area (TPSA) is 95.1 Å². The van der Waals surface area contributed by atoms with E-state index in [0.717, 1.165) is 11.0 Å². The first-order valence-corrected chi connectivity index (χ1v) is 8.70. The standard InChI is InChI=1S/C18H17N3O3S/c1-2-15(25-18-20-13-5-3-4-6-14(13)21-18)16(22)19-12-9-7-11(8-10-12)17(23)24/h3-10,15H,2H2,1H3,(H,19,22)(H,20,21)(H,23,24). The van der Waals surface area contributed by atoms with Crippen molar-refractivity contribution in [2.45, 2.75) is 23.8 Å². The van der Waals surface area contributed by atoms with Gasteiger partial charge in [0.1, 0.15) is 0 Å². The smallest absolute Gasteiger partial charge is 0.335 e. The second-order valence-corrected chi connectivity index (χ2v) is 6.64. The zero-order chi connectivity index (χ0) is 17.8. The van der Waals surface area contributed by atoms with Gasteiger partial charge in [-0.15, -0.1) is 0 Å². The molecular formula is C18H17N3O3S. The number of carbonyl (C=O) groups excluding carboxylic acids is 1. The highest BCUT2D eigenvalue weighted by atomic mass is 32.2. The maximum atomic E-state index is 12.5. The van der Waals surface area contributed by atoms with Crippen LogP contribution in [0.4, 0.5) is 5.69 Å². The van der Waals surface area contributed by atoms with Crippen LogP contribution in [0.1, 0.15) is 23.7 Å². The average Bonchev–Trinajstić information content (AvgIpc) is 3.02. The van der Waals surface area contributed by atoms with E-state index in [-0.39, 0.29) is 16.7 Å². The molecule has 3 aromatic rings. The lowest BCUT2D eigenvalue weighted by atomic mass is 10.2. The summed E-state index contributed by atoms with van der Waals surface area (Å²) in [5.74, 6) is -1.14. The van der Waals surface area contributed by atoms with Crippen LogP contribution in [-0.2, 0) is 4.79 Å². The molecule has 7 heteroatoms. The Balaban J connectivity index is 1.69. The Hall–Kier alpha value is -2.80. The lowest BCUT2D eigenvalue weighted by Crippen LogP contribution is -2.24. The zero-order valence-corrected chi connectivity index (χ0v) is 14.3. The van der Waals surface area contributed by atoms with Gasteiger partial charge in [-0.2, -0.15) is 0 Å². The van der Waals surface area contributed by atoms with Gasteiger partial charge in [0.15, 0.2) is 5.16 Å². The molecule has 3 rings (SSSR count). The van der Waals surface area contributed by atoms with Crippen molar-refractivity contribution < 1.29 is 14.7 Å². The molecule has 0 spiro atoms. The van der Waals surface area contributed by atoms with E-state index in [4.69, 9.17) is 5.11 Å². The van der Waals surface area contributed by atoms with Crippen LogP contribution >= 0.6 is 11.8 Å². The Bertz CT molecular complexity index is 872.